The van der Waals surface area contributed by atoms with Crippen LogP contribution in [0.25, 0.3) is 0 Å². The molecule has 3 N–H and O–H groups in total. The van der Waals surface area contributed by atoms with Gasteiger partial charge in [0.25, 0.3) is 0 Å². The lowest BCUT2D eigenvalue weighted by Gasteiger charge is -2.19. The molecule has 0 aromatic carbocycles. The van der Waals surface area contributed by atoms with Crippen molar-refractivity contribution in [2.75, 3.05) is 27.2 Å². The minimum absolute atomic E-state index is 0.0175. The number of rotatable bonds is 5. The molecule has 1 fully saturated rings. The molecule has 0 aliphatic carbocycles. The van der Waals surface area contributed by atoms with Crippen molar-refractivity contribution >= 4 is 23.2 Å². The van der Waals surface area contributed by atoms with Crippen molar-refractivity contribution in [3.8, 4) is 0 Å². The fourth-order valence-corrected chi connectivity index (χ4v) is 3.02. The second kappa shape index (κ2) is 6.08. The highest BCUT2D eigenvalue weighted by Crippen LogP contribution is 2.22. The predicted molar refractivity (Wildman–Crippen MR) is 79.0 cm³/mol. The zero-order chi connectivity index (χ0) is 15.6. The molecule has 2 rings (SSSR count). The molecule has 0 saturated carbocycles. The molecule has 21 heavy (non-hydrogen) atoms. The molecule has 1 aromatic heterocycles. The summed E-state index contributed by atoms with van der Waals surface area (Å²) in [6, 6.07) is 0. The largest absolute Gasteiger partial charge is 0.480 e. The summed E-state index contributed by atoms with van der Waals surface area (Å²) in [7, 11) is 3.43. The van der Waals surface area contributed by atoms with E-state index in [-0.39, 0.29) is 5.91 Å². The number of carbonyl (C=O) groups excluding carboxylic acids is 1. The number of carboxylic acids is 1. The molecule has 2 heterocycles. The van der Waals surface area contributed by atoms with E-state index < -0.39 is 11.5 Å². The molecular formula is C13H20N4O3S. The maximum Gasteiger partial charge on any atom is 0.325 e. The van der Waals surface area contributed by atoms with Gasteiger partial charge in [-0.1, -0.05) is 0 Å². The average Bonchev–Trinajstić information content (AvgIpc) is 2.98. The Morgan fingerprint density at radius 2 is 2.29 bits per heavy atom. The van der Waals surface area contributed by atoms with Crippen molar-refractivity contribution in [3.63, 3.8) is 0 Å². The van der Waals surface area contributed by atoms with Gasteiger partial charge in [-0.3, -0.25) is 14.5 Å². The van der Waals surface area contributed by atoms with E-state index in [1.165, 1.54) is 16.2 Å². The molecule has 0 radical (unpaired) electrons. The third-order valence-electron chi connectivity index (χ3n) is 3.59. The third kappa shape index (κ3) is 3.78. The molecule has 1 amide bonds. The number of carbonyl (C=O) groups is 2. The van der Waals surface area contributed by atoms with E-state index in [4.69, 9.17) is 10.8 Å². The van der Waals surface area contributed by atoms with E-state index in [0.717, 1.165) is 10.7 Å². The quantitative estimate of drug-likeness (QED) is 0.778. The Morgan fingerprint density at radius 1 is 1.57 bits per heavy atom. The Hall–Kier alpha value is -1.51. The van der Waals surface area contributed by atoms with Gasteiger partial charge in [-0.15, -0.1) is 11.3 Å². The number of nitrogens with zero attached hydrogens (tertiary/aromatic N) is 3. The third-order valence-corrected chi connectivity index (χ3v) is 4.49. The second-order valence-electron chi connectivity index (χ2n) is 5.62. The van der Waals surface area contributed by atoms with Crippen LogP contribution >= 0.6 is 11.3 Å². The zero-order valence-electron chi connectivity index (χ0n) is 12.2. The van der Waals surface area contributed by atoms with Crippen LogP contribution in [0.3, 0.4) is 0 Å². The number of amides is 1. The fourth-order valence-electron chi connectivity index (χ4n) is 2.24. The van der Waals surface area contributed by atoms with Crippen LogP contribution in [-0.4, -0.2) is 64.5 Å². The van der Waals surface area contributed by atoms with Crippen LogP contribution in [-0.2, 0) is 22.6 Å². The number of hydrogen-bond donors (Lipinski definition) is 2. The molecule has 1 aromatic rings. The van der Waals surface area contributed by atoms with Crippen molar-refractivity contribution < 1.29 is 14.7 Å². The lowest BCUT2D eigenvalue weighted by Crippen LogP contribution is -2.50. The minimum atomic E-state index is -1.15. The number of carboxylic acid groups (broad SMARTS) is 1. The van der Waals surface area contributed by atoms with Crippen LogP contribution in [0.15, 0.2) is 5.38 Å². The lowest BCUT2D eigenvalue weighted by molar-refractivity contribution is -0.142. The first-order chi connectivity index (χ1) is 9.80. The molecule has 0 bridgehead atoms. The monoisotopic (exact) mass is 312 g/mol. The summed E-state index contributed by atoms with van der Waals surface area (Å²) in [6.07, 6.45) is 0.742. The van der Waals surface area contributed by atoms with Gasteiger partial charge >= 0.3 is 5.97 Å². The van der Waals surface area contributed by atoms with Crippen LogP contribution in [0.4, 0.5) is 0 Å². The Kier molecular flexibility index (Phi) is 4.60. The molecule has 0 spiro atoms. The first kappa shape index (κ1) is 15.9. The van der Waals surface area contributed by atoms with E-state index in [9.17, 15) is 9.59 Å². The highest BCUT2D eigenvalue weighted by molar-refractivity contribution is 7.09. The van der Waals surface area contributed by atoms with E-state index in [1.54, 1.807) is 14.1 Å². The Bertz CT molecular complexity index is 545. The van der Waals surface area contributed by atoms with Gasteiger partial charge in [0.15, 0.2) is 0 Å². The number of aliphatic carboxylic acids is 1. The fraction of sp³-hybridized carbons (Fsp3) is 0.615. The van der Waals surface area contributed by atoms with Gasteiger partial charge in [0.05, 0.1) is 12.1 Å². The first-order valence-corrected chi connectivity index (χ1v) is 7.56. The summed E-state index contributed by atoms with van der Waals surface area (Å²) in [6.45, 7) is 1.54. The summed E-state index contributed by atoms with van der Waals surface area (Å²) in [5.41, 5.74) is 5.55. The molecule has 1 saturated heterocycles. The van der Waals surface area contributed by atoms with E-state index in [2.05, 4.69) is 4.98 Å². The molecule has 1 aliphatic rings. The van der Waals surface area contributed by atoms with Gasteiger partial charge in [0, 0.05) is 39.1 Å². The van der Waals surface area contributed by atoms with Crippen LogP contribution in [0.5, 0.6) is 0 Å². The summed E-state index contributed by atoms with van der Waals surface area (Å²) >= 11 is 1.45. The second-order valence-corrected chi connectivity index (χ2v) is 6.56. The number of hydrogen-bond acceptors (Lipinski definition) is 6. The number of likely N-dealkylation sites (tertiary alicyclic amines) is 1. The van der Waals surface area contributed by atoms with Crippen LogP contribution in [0.1, 0.15) is 17.1 Å². The van der Waals surface area contributed by atoms with Crippen LogP contribution in [0.2, 0.25) is 0 Å². The molecule has 1 unspecified atom stereocenters. The SMILES string of the molecule is CN(C)C(=O)Cc1nc(CN2CCC(N)(C(=O)O)C2)cs1. The summed E-state index contributed by atoms with van der Waals surface area (Å²) < 4.78 is 0. The normalized spacial score (nSPS) is 22.4. The molecule has 116 valence electrons. The van der Waals surface area contributed by atoms with Gasteiger partial charge in [0.2, 0.25) is 5.91 Å². The summed E-state index contributed by atoms with van der Waals surface area (Å²) in [4.78, 5) is 30.7. The van der Waals surface area contributed by atoms with E-state index >= 15 is 0 Å². The van der Waals surface area contributed by atoms with Crippen molar-refractivity contribution in [2.24, 2.45) is 5.73 Å². The highest BCUT2D eigenvalue weighted by Gasteiger charge is 2.41. The van der Waals surface area contributed by atoms with Crippen molar-refractivity contribution in [3.05, 3.63) is 16.1 Å². The highest BCUT2D eigenvalue weighted by atomic mass is 32.1. The Morgan fingerprint density at radius 3 is 2.86 bits per heavy atom. The van der Waals surface area contributed by atoms with Crippen LogP contribution in [0, 0.1) is 0 Å². The van der Waals surface area contributed by atoms with Gasteiger partial charge in [0.1, 0.15) is 10.5 Å². The van der Waals surface area contributed by atoms with Crippen molar-refractivity contribution in [2.45, 2.75) is 24.9 Å². The summed E-state index contributed by atoms with van der Waals surface area (Å²) in [5.74, 6) is -0.940. The number of thiazole rings is 1. The number of aromatic nitrogens is 1. The first-order valence-electron chi connectivity index (χ1n) is 6.68. The molecule has 8 heteroatoms. The number of likely N-dealkylation sites (N-methyl/N-ethyl adjacent to an activating group) is 1. The zero-order valence-corrected chi connectivity index (χ0v) is 13.0. The van der Waals surface area contributed by atoms with Gasteiger partial charge in [-0.25, -0.2) is 4.98 Å². The van der Waals surface area contributed by atoms with Crippen LogP contribution < -0.4 is 5.73 Å². The average molecular weight is 312 g/mol. The van der Waals surface area contributed by atoms with Gasteiger partial charge in [-0.05, 0) is 6.42 Å². The topological polar surface area (TPSA) is 99.8 Å². The maximum absolute atomic E-state index is 11.6. The molecule has 1 atom stereocenters. The standard InChI is InChI=1S/C13H20N4O3S/c1-16(2)11(18)5-10-15-9(7-21-10)6-17-4-3-13(14,8-17)12(19)20/h7H,3-6,8,14H2,1-2H3,(H,19,20). The smallest absolute Gasteiger partial charge is 0.325 e. The predicted octanol–water partition coefficient (Wildman–Crippen LogP) is -0.238. The maximum atomic E-state index is 11.6. The molecule has 7 nitrogen and oxygen atoms in total. The Balaban J connectivity index is 1.92. The molecular weight excluding hydrogens is 292 g/mol. The van der Waals surface area contributed by atoms with Crippen molar-refractivity contribution in [1.29, 1.82) is 0 Å². The van der Waals surface area contributed by atoms with Crippen molar-refractivity contribution in [1.82, 2.24) is 14.8 Å². The number of nitrogens with two attached hydrogens (primary N) is 1. The van der Waals surface area contributed by atoms with Gasteiger partial charge < -0.3 is 15.7 Å². The van der Waals surface area contributed by atoms with E-state index in [1.807, 2.05) is 10.3 Å². The van der Waals surface area contributed by atoms with Gasteiger partial charge in [-0.2, -0.15) is 0 Å². The lowest BCUT2D eigenvalue weighted by atomic mass is 10.0. The Labute approximate surface area is 127 Å². The van der Waals surface area contributed by atoms with E-state index in [0.29, 0.717) is 32.5 Å². The summed E-state index contributed by atoms with van der Waals surface area (Å²) in [5, 5.41) is 11.8. The molecule has 1 aliphatic heterocycles. The minimum Gasteiger partial charge on any atom is -0.480 e.